The summed E-state index contributed by atoms with van der Waals surface area (Å²) in [6.07, 6.45) is 0. The number of amides is 1. The molecule has 2 aromatic carbocycles. The topological polar surface area (TPSA) is 55.1 Å². The second kappa shape index (κ2) is 5.97. The number of hydrogen-bond donors (Lipinski definition) is 2. The number of nitrogens with one attached hydrogen (secondary N) is 1. The zero-order valence-corrected chi connectivity index (χ0v) is 12.2. The van der Waals surface area contributed by atoms with Crippen LogP contribution in [0.4, 0.5) is 5.69 Å². The third-order valence-electron chi connectivity index (χ3n) is 3.17. The van der Waals surface area contributed by atoms with E-state index in [0.717, 1.165) is 5.56 Å². The first kappa shape index (κ1) is 14.4. The van der Waals surface area contributed by atoms with Crippen LogP contribution in [-0.2, 0) is 0 Å². The van der Waals surface area contributed by atoms with Crippen molar-refractivity contribution in [3.05, 3.63) is 64.2 Å². The SMILES string of the molecule is Cc1cccc(C(C)Nc2cc(C(N)=O)ccc2Cl)c1. The van der Waals surface area contributed by atoms with E-state index in [1.54, 1.807) is 18.2 Å². The maximum atomic E-state index is 11.2. The number of aryl methyl sites for hydroxylation is 1. The second-order valence-corrected chi connectivity index (χ2v) is 5.25. The lowest BCUT2D eigenvalue weighted by atomic mass is 10.1. The molecule has 3 nitrogen and oxygen atoms in total. The lowest BCUT2D eigenvalue weighted by Gasteiger charge is -2.17. The zero-order valence-electron chi connectivity index (χ0n) is 11.5. The molecular formula is C16H17ClN2O. The summed E-state index contributed by atoms with van der Waals surface area (Å²) in [4.78, 5) is 11.2. The first-order valence-corrected chi connectivity index (χ1v) is 6.77. The van der Waals surface area contributed by atoms with E-state index >= 15 is 0 Å². The highest BCUT2D eigenvalue weighted by atomic mass is 35.5. The van der Waals surface area contributed by atoms with E-state index in [1.165, 1.54) is 5.56 Å². The number of hydrogen-bond acceptors (Lipinski definition) is 2. The maximum absolute atomic E-state index is 11.2. The van der Waals surface area contributed by atoms with E-state index < -0.39 is 5.91 Å². The van der Waals surface area contributed by atoms with Crippen molar-refractivity contribution in [1.82, 2.24) is 0 Å². The Morgan fingerprint density at radius 1 is 1.25 bits per heavy atom. The second-order valence-electron chi connectivity index (χ2n) is 4.84. The molecule has 2 rings (SSSR count). The summed E-state index contributed by atoms with van der Waals surface area (Å²) < 4.78 is 0. The smallest absolute Gasteiger partial charge is 0.248 e. The summed E-state index contributed by atoms with van der Waals surface area (Å²) in [5.41, 5.74) is 8.79. The van der Waals surface area contributed by atoms with Crippen molar-refractivity contribution in [2.45, 2.75) is 19.9 Å². The Bertz CT molecular complexity index is 640. The van der Waals surface area contributed by atoms with Gasteiger partial charge in [-0.15, -0.1) is 0 Å². The summed E-state index contributed by atoms with van der Waals surface area (Å²) >= 11 is 6.15. The Hall–Kier alpha value is -2.00. The third-order valence-corrected chi connectivity index (χ3v) is 3.49. The van der Waals surface area contributed by atoms with Crippen molar-refractivity contribution in [1.29, 1.82) is 0 Å². The van der Waals surface area contributed by atoms with E-state index in [2.05, 4.69) is 30.4 Å². The van der Waals surface area contributed by atoms with Gasteiger partial charge in [0, 0.05) is 11.6 Å². The minimum absolute atomic E-state index is 0.0792. The number of carbonyl (C=O) groups is 1. The van der Waals surface area contributed by atoms with E-state index in [4.69, 9.17) is 17.3 Å². The summed E-state index contributed by atoms with van der Waals surface area (Å²) in [7, 11) is 0. The van der Waals surface area contributed by atoms with Gasteiger partial charge in [0.05, 0.1) is 10.7 Å². The minimum Gasteiger partial charge on any atom is -0.377 e. The molecule has 0 radical (unpaired) electrons. The molecule has 2 aromatic rings. The molecule has 0 heterocycles. The van der Waals surface area contributed by atoms with Crippen LogP contribution in [-0.4, -0.2) is 5.91 Å². The maximum Gasteiger partial charge on any atom is 0.248 e. The molecular weight excluding hydrogens is 272 g/mol. The highest BCUT2D eigenvalue weighted by molar-refractivity contribution is 6.33. The van der Waals surface area contributed by atoms with Crippen LogP contribution in [0.2, 0.25) is 5.02 Å². The summed E-state index contributed by atoms with van der Waals surface area (Å²) in [6.45, 7) is 4.10. The molecule has 1 atom stereocenters. The van der Waals surface area contributed by atoms with Crippen LogP contribution >= 0.6 is 11.6 Å². The molecule has 0 aliphatic heterocycles. The fourth-order valence-electron chi connectivity index (χ4n) is 2.05. The average Bonchev–Trinajstić information content (AvgIpc) is 2.41. The van der Waals surface area contributed by atoms with Gasteiger partial charge in [-0.05, 0) is 37.6 Å². The molecule has 20 heavy (non-hydrogen) atoms. The van der Waals surface area contributed by atoms with Gasteiger partial charge in [0.2, 0.25) is 5.91 Å². The largest absolute Gasteiger partial charge is 0.377 e. The average molecular weight is 289 g/mol. The van der Waals surface area contributed by atoms with Gasteiger partial charge >= 0.3 is 0 Å². The fraction of sp³-hybridized carbons (Fsp3) is 0.188. The normalized spacial score (nSPS) is 11.9. The lowest BCUT2D eigenvalue weighted by molar-refractivity contribution is 0.100. The summed E-state index contributed by atoms with van der Waals surface area (Å²) in [6, 6.07) is 13.3. The molecule has 4 heteroatoms. The van der Waals surface area contributed by atoms with Gasteiger partial charge in [-0.25, -0.2) is 0 Å². The van der Waals surface area contributed by atoms with Crippen molar-refractivity contribution < 1.29 is 4.79 Å². The Kier molecular flexibility index (Phi) is 4.30. The Morgan fingerprint density at radius 2 is 2.00 bits per heavy atom. The molecule has 104 valence electrons. The first-order chi connectivity index (χ1) is 9.47. The highest BCUT2D eigenvalue weighted by Crippen LogP contribution is 2.27. The van der Waals surface area contributed by atoms with Crippen molar-refractivity contribution in [3.63, 3.8) is 0 Å². The van der Waals surface area contributed by atoms with Crippen LogP contribution in [0, 0.1) is 6.92 Å². The van der Waals surface area contributed by atoms with Gasteiger partial charge in [0.25, 0.3) is 0 Å². The summed E-state index contributed by atoms with van der Waals surface area (Å²) in [5.74, 6) is -0.465. The number of nitrogens with two attached hydrogens (primary N) is 1. The van der Waals surface area contributed by atoms with Crippen LogP contribution in [0.25, 0.3) is 0 Å². The van der Waals surface area contributed by atoms with Crippen molar-refractivity contribution in [2.24, 2.45) is 5.73 Å². The number of rotatable bonds is 4. The predicted octanol–water partition coefficient (Wildman–Crippen LogP) is 3.92. The minimum atomic E-state index is -0.465. The molecule has 1 unspecified atom stereocenters. The van der Waals surface area contributed by atoms with E-state index in [-0.39, 0.29) is 6.04 Å². The number of primary amides is 1. The van der Waals surface area contributed by atoms with Crippen molar-refractivity contribution in [3.8, 4) is 0 Å². The molecule has 0 spiro atoms. The number of carbonyl (C=O) groups excluding carboxylic acids is 1. The molecule has 0 aliphatic carbocycles. The molecule has 0 fully saturated rings. The Morgan fingerprint density at radius 3 is 2.65 bits per heavy atom. The Labute approximate surface area is 123 Å². The summed E-state index contributed by atoms with van der Waals surface area (Å²) in [5, 5.41) is 3.87. The standard InChI is InChI=1S/C16H17ClN2O/c1-10-4-3-5-12(8-10)11(2)19-15-9-13(16(18)20)6-7-14(15)17/h3-9,11,19H,1-2H3,(H2,18,20). The lowest BCUT2D eigenvalue weighted by Crippen LogP contribution is -2.12. The fourth-order valence-corrected chi connectivity index (χ4v) is 2.22. The van der Waals surface area contributed by atoms with Crippen molar-refractivity contribution >= 4 is 23.2 Å². The molecule has 0 aromatic heterocycles. The zero-order chi connectivity index (χ0) is 14.7. The van der Waals surface area contributed by atoms with Gasteiger partial charge in [0.15, 0.2) is 0 Å². The molecule has 1 amide bonds. The number of halogens is 1. The van der Waals surface area contributed by atoms with Gasteiger partial charge in [-0.1, -0.05) is 41.4 Å². The van der Waals surface area contributed by atoms with Crippen molar-refractivity contribution in [2.75, 3.05) is 5.32 Å². The van der Waals surface area contributed by atoms with E-state index in [1.807, 2.05) is 13.0 Å². The monoisotopic (exact) mass is 288 g/mol. The van der Waals surface area contributed by atoms with Crippen LogP contribution in [0.15, 0.2) is 42.5 Å². The number of anilines is 1. The Balaban J connectivity index is 2.25. The third kappa shape index (κ3) is 3.31. The van der Waals surface area contributed by atoms with Gasteiger partial charge < -0.3 is 11.1 Å². The molecule has 0 saturated carbocycles. The molecule has 0 bridgehead atoms. The first-order valence-electron chi connectivity index (χ1n) is 6.40. The quantitative estimate of drug-likeness (QED) is 0.896. The predicted molar refractivity (Wildman–Crippen MR) is 83.2 cm³/mol. The molecule has 0 aliphatic rings. The van der Waals surface area contributed by atoms with Crippen LogP contribution < -0.4 is 11.1 Å². The molecule has 0 saturated heterocycles. The van der Waals surface area contributed by atoms with Gasteiger partial charge in [-0.3, -0.25) is 4.79 Å². The van der Waals surface area contributed by atoms with E-state index in [9.17, 15) is 4.79 Å². The van der Waals surface area contributed by atoms with Gasteiger partial charge in [0.1, 0.15) is 0 Å². The van der Waals surface area contributed by atoms with Gasteiger partial charge in [-0.2, -0.15) is 0 Å². The highest BCUT2D eigenvalue weighted by Gasteiger charge is 2.10. The molecule has 3 N–H and O–H groups in total. The van der Waals surface area contributed by atoms with E-state index in [0.29, 0.717) is 16.3 Å². The van der Waals surface area contributed by atoms with Crippen LogP contribution in [0.3, 0.4) is 0 Å². The van der Waals surface area contributed by atoms with Crippen LogP contribution in [0.1, 0.15) is 34.5 Å². The van der Waals surface area contributed by atoms with Crippen LogP contribution in [0.5, 0.6) is 0 Å². The number of benzene rings is 2.